The fraction of sp³-hybridized carbons (Fsp3) is 0.647. The molecule has 5 heteroatoms. The third kappa shape index (κ3) is 4.09. The highest BCUT2D eigenvalue weighted by atomic mass is 32.2. The van der Waals surface area contributed by atoms with Gasteiger partial charge in [0.25, 0.3) is 10.1 Å². The lowest BCUT2D eigenvalue weighted by Gasteiger charge is -2.40. The normalized spacial score (nSPS) is 26.9. The molecule has 1 fully saturated rings. The van der Waals surface area contributed by atoms with Crippen LogP contribution < -0.4 is 0 Å². The SMILES string of the molecule is Cc1ccc(S(=O)(=O)O[C@@H]2C[C@H](C)CC[C@H]2C(C)(C)O)cc1. The van der Waals surface area contributed by atoms with Gasteiger partial charge in [-0.3, -0.25) is 4.18 Å². The van der Waals surface area contributed by atoms with E-state index in [0.717, 1.165) is 18.4 Å². The Labute approximate surface area is 133 Å². The van der Waals surface area contributed by atoms with Crippen LogP contribution in [-0.4, -0.2) is 25.2 Å². The van der Waals surface area contributed by atoms with E-state index in [0.29, 0.717) is 12.3 Å². The molecule has 1 aromatic rings. The molecule has 0 amide bonds. The standard InChI is InChI=1S/C17H26O4S/c1-12-5-8-14(9-6-12)22(19,20)21-16-11-13(2)7-10-15(16)17(3,4)18/h5-6,8-9,13,15-16,18H,7,10-11H2,1-4H3/t13-,15-,16-/m1/s1. The van der Waals surface area contributed by atoms with Crippen molar-refractivity contribution < 1.29 is 17.7 Å². The van der Waals surface area contributed by atoms with Crippen LogP contribution in [-0.2, 0) is 14.3 Å². The Bertz CT molecular complexity index is 599. The number of hydrogen-bond donors (Lipinski definition) is 1. The van der Waals surface area contributed by atoms with Crippen molar-refractivity contribution in [2.75, 3.05) is 0 Å². The van der Waals surface area contributed by atoms with Crippen molar-refractivity contribution in [2.45, 2.75) is 63.6 Å². The summed E-state index contributed by atoms with van der Waals surface area (Å²) in [5.74, 6) is 0.223. The molecule has 0 saturated heterocycles. The molecular formula is C17H26O4S. The van der Waals surface area contributed by atoms with Crippen LogP contribution in [0.5, 0.6) is 0 Å². The Hall–Kier alpha value is -0.910. The zero-order valence-corrected chi connectivity index (χ0v) is 14.6. The van der Waals surface area contributed by atoms with Crippen LogP contribution in [0.4, 0.5) is 0 Å². The van der Waals surface area contributed by atoms with E-state index in [1.807, 2.05) is 6.92 Å². The Balaban J connectivity index is 2.23. The largest absolute Gasteiger partial charge is 0.390 e. The molecular weight excluding hydrogens is 300 g/mol. The van der Waals surface area contributed by atoms with Crippen LogP contribution >= 0.6 is 0 Å². The minimum atomic E-state index is -3.80. The van der Waals surface area contributed by atoms with E-state index < -0.39 is 21.8 Å². The first kappa shape index (κ1) is 17.4. The molecule has 0 bridgehead atoms. The van der Waals surface area contributed by atoms with Gasteiger partial charge in [-0.1, -0.05) is 31.0 Å². The molecule has 124 valence electrons. The lowest BCUT2D eigenvalue weighted by molar-refractivity contribution is -0.0614. The molecule has 1 aliphatic carbocycles. The van der Waals surface area contributed by atoms with Gasteiger partial charge in [-0.05, 0) is 51.7 Å². The number of hydrogen-bond acceptors (Lipinski definition) is 4. The van der Waals surface area contributed by atoms with Crippen LogP contribution in [0.25, 0.3) is 0 Å². The van der Waals surface area contributed by atoms with Gasteiger partial charge in [-0.2, -0.15) is 8.42 Å². The quantitative estimate of drug-likeness (QED) is 0.863. The molecule has 1 aromatic carbocycles. The first-order valence-electron chi connectivity index (χ1n) is 7.82. The monoisotopic (exact) mass is 326 g/mol. The molecule has 1 N–H and O–H groups in total. The molecule has 0 aromatic heterocycles. The summed E-state index contributed by atoms with van der Waals surface area (Å²) in [6.45, 7) is 7.45. The van der Waals surface area contributed by atoms with Crippen LogP contribution in [0, 0.1) is 18.8 Å². The highest BCUT2D eigenvalue weighted by Crippen LogP contribution is 2.38. The molecule has 4 nitrogen and oxygen atoms in total. The summed E-state index contributed by atoms with van der Waals surface area (Å²) in [6, 6.07) is 6.65. The van der Waals surface area contributed by atoms with Gasteiger partial charge in [0, 0.05) is 5.92 Å². The lowest BCUT2D eigenvalue weighted by Crippen LogP contribution is -2.44. The first-order chi connectivity index (χ1) is 10.1. The summed E-state index contributed by atoms with van der Waals surface area (Å²) in [4.78, 5) is 0.172. The first-order valence-corrected chi connectivity index (χ1v) is 9.23. The Morgan fingerprint density at radius 1 is 1.18 bits per heavy atom. The number of benzene rings is 1. The van der Waals surface area contributed by atoms with Gasteiger partial charge in [0.15, 0.2) is 0 Å². The fourth-order valence-corrected chi connectivity index (χ4v) is 4.29. The van der Waals surface area contributed by atoms with Crippen LogP contribution in [0.15, 0.2) is 29.2 Å². The van der Waals surface area contributed by atoms with E-state index in [-0.39, 0.29) is 10.8 Å². The van der Waals surface area contributed by atoms with Crippen molar-refractivity contribution in [1.82, 2.24) is 0 Å². The molecule has 1 saturated carbocycles. The maximum Gasteiger partial charge on any atom is 0.297 e. The highest BCUT2D eigenvalue weighted by molar-refractivity contribution is 7.86. The molecule has 2 rings (SSSR count). The topological polar surface area (TPSA) is 63.6 Å². The van der Waals surface area contributed by atoms with Crippen molar-refractivity contribution in [1.29, 1.82) is 0 Å². The molecule has 1 aliphatic rings. The Morgan fingerprint density at radius 3 is 2.32 bits per heavy atom. The molecule has 0 heterocycles. The van der Waals surface area contributed by atoms with E-state index in [4.69, 9.17) is 4.18 Å². The molecule has 0 aliphatic heterocycles. The number of aryl methyl sites for hydroxylation is 1. The second-order valence-electron chi connectivity index (χ2n) is 7.08. The summed E-state index contributed by atoms with van der Waals surface area (Å²) >= 11 is 0. The predicted molar refractivity (Wildman–Crippen MR) is 86.0 cm³/mol. The summed E-state index contributed by atoms with van der Waals surface area (Å²) in [5.41, 5.74) is 0.0488. The highest BCUT2D eigenvalue weighted by Gasteiger charge is 2.41. The fourth-order valence-electron chi connectivity index (χ4n) is 3.17. The second-order valence-corrected chi connectivity index (χ2v) is 8.65. The molecule has 0 unspecified atom stereocenters. The van der Waals surface area contributed by atoms with Crippen LogP contribution in [0.2, 0.25) is 0 Å². The van der Waals surface area contributed by atoms with E-state index in [2.05, 4.69) is 6.92 Å². The molecule has 0 spiro atoms. The molecule has 3 atom stereocenters. The third-order valence-corrected chi connectivity index (χ3v) is 5.87. The van der Waals surface area contributed by atoms with Gasteiger partial charge in [-0.15, -0.1) is 0 Å². The predicted octanol–water partition coefficient (Wildman–Crippen LogP) is 3.28. The number of rotatable bonds is 4. The van der Waals surface area contributed by atoms with Crippen molar-refractivity contribution in [3.8, 4) is 0 Å². The summed E-state index contributed by atoms with van der Waals surface area (Å²) in [5, 5.41) is 10.3. The van der Waals surface area contributed by atoms with Gasteiger partial charge in [0.05, 0.1) is 16.6 Å². The third-order valence-electron chi connectivity index (χ3n) is 4.52. The van der Waals surface area contributed by atoms with Gasteiger partial charge >= 0.3 is 0 Å². The van der Waals surface area contributed by atoms with E-state index in [1.54, 1.807) is 38.1 Å². The minimum absolute atomic E-state index is 0.172. The minimum Gasteiger partial charge on any atom is -0.390 e. The van der Waals surface area contributed by atoms with Gasteiger partial charge in [-0.25, -0.2) is 0 Å². The molecule has 0 radical (unpaired) electrons. The Morgan fingerprint density at radius 2 is 1.77 bits per heavy atom. The lowest BCUT2D eigenvalue weighted by atomic mass is 9.73. The van der Waals surface area contributed by atoms with Crippen molar-refractivity contribution in [3.05, 3.63) is 29.8 Å². The van der Waals surface area contributed by atoms with E-state index in [9.17, 15) is 13.5 Å². The zero-order valence-electron chi connectivity index (χ0n) is 13.7. The second kappa shape index (κ2) is 6.30. The average Bonchev–Trinajstić information content (AvgIpc) is 2.37. The maximum atomic E-state index is 12.5. The van der Waals surface area contributed by atoms with Gasteiger partial charge < -0.3 is 5.11 Å². The number of aliphatic hydroxyl groups is 1. The maximum absolute atomic E-state index is 12.5. The summed E-state index contributed by atoms with van der Waals surface area (Å²) in [7, 11) is -3.80. The van der Waals surface area contributed by atoms with Crippen LogP contribution in [0.3, 0.4) is 0 Å². The van der Waals surface area contributed by atoms with E-state index in [1.165, 1.54) is 0 Å². The van der Waals surface area contributed by atoms with Gasteiger partial charge in [0.2, 0.25) is 0 Å². The van der Waals surface area contributed by atoms with Gasteiger partial charge in [0.1, 0.15) is 0 Å². The van der Waals surface area contributed by atoms with Crippen molar-refractivity contribution >= 4 is 10.1 Å². The summed E-state index contributed by atoms with van der Waals surface area (Å²) in [6.07, 6.45) is 1.94. The molecule has 22 heavy (non-hydrogen) atoms. The average molecular weight is 326 g/mol. The zero-order chi connectivity index (χ0) is 16.5. The van der Waals surface area contributed by atoms with Crippen LogP contribution in [0.1, 0.15) is 45.6 Å². The summed E-state index contributed by atoms with van der Waals surface area (Å²) < 4.78 is 30.5. The van der Waals surface area contributed by atoms with Crippen molar-refractivity contribution in [2.24, 2.45) is 11.8 Å². The smallest absolute Gasteiger partial charge is 0.297 e. The van der Waals surface area contributed by atoms with Crippen molar-refractivity contribution in [3.63, 3.8) is 0 Å². The van der Waals surface area contributed by atoms with E-state index >= 15 is 0 Å². The Kier molecular flexibility index (Phi) is 5.00.